The predicted molar refractivity (Wildman–Crippen MR) is 166 cm³/mol. The summed E-state index contributed by atoms with van der Waals surface area (Å²) in [6.45, 7) is 8.86. The van der Waals surface area contributed by atoms with Crippen LogP contribution in [0.25, 0.3) is 0 Å². The van der Waals surface area contributed by atoms with Gasteiger partial charge in [0.05, 0.1) is 12.5 Å². The van der Waals surface area contributed by atoms with Crippen molar-refractivity contribution in [2.75, 3.05) is 24.6 Å². The van der Waals surface area contributed by atoms with Gasteiger partial charge >= 0.3 is 12.1 Å². The zero-order valence-corrected chi connectivity index (χ0v) is 27.3. The van der Waals surface area contributed by atoms with Gasteiger partial charge in [0.25, 0.3) is 0 Å². The summed E-state index contributed by atoms with van der Waals surface area (Å²) in [6.07, 6.45) is 3.57. The van der Waals surface area contributed by atoms with Gasteiger partial charge < -0.3 is 30.7 Å². The minimum atomic E-state index is -0.968. The first kappa shape index (κ1) is 36.5. The summed E-state index contributed by atoms with van der Waals surface area (Å²) in [5.74, 6) is -2.40. The molecule has 2 bridgehead atoms. The van der Waals surface area contributed by atoms with E-state index in [0.717, 1.165) is 0 Å². The lowest BCUT2D eigenvalue weighted by Gasteiger charge is -2.26. The van der Waals surface area contributed by atoms with Crippen molar-refractivity contribution in [3.63, 3.8) is 0 Å². The molecule has 1 fully saturated rings. The standard InChI is InChI=1S/C29H46N4O8S2/c1-18(2)20-15-23(34)22-17-43-42-13-9-7-10-19(40-25(36)16-31-26(20)37)14-24(35)32-21(27(38)33-22)11-6-8-12-30-28(39)41-29(3,4)5/h7,10,18-22H,6,8-9,11-17H2,1-5H3,(H,30,39)(H,31,37)(H,32,35)(H,33,38)/b10-7+/t19-,20-,21-,22-/m1/s1. The number of nitrogens with one attached hydrogen (secondary N) is 4. The zero-order chi connectivity index (χ0) is 32.0. The molecular formula is C29H46N4O8S2. The molecule has 242 valence electrons. The van der Waals surface area contributed by atoms with Crippen LogP contribution in [0.3, 0.4) is 0 Å². The number of unbranched alkanes of at least 4 members (excludes halogenated alkanes) is 1. The van der Waals surface area contributed by atoms with Gasteiger partial charge in [0.1, 0.15) is 24.3 Å². The molecule has 0 aromatic rings. The van der Waals surface area contributed by atoms with Crippen molar-refractivity contribution < 1.29 is 38.2 Å². The van der Waals surface area contributed by atoms with E-state index in [1.54, 1.807) is 37.6 Å². The molecule has 2 rings (SSSR count). The molecule has 4 atom stereocenters. The van der Waals surface area contributed by atoms with Gasteiger partial charge in [0.2, 0.25) is 17.7 Å². The molecule has 4 amide bonds. The average molecular weight is 643 g/mol. The van der Waals surface area contributed by atoms with Gasteiger partial charge in [-0.05, 0) is 58.4 Å². The molecule has 2 aliphatic heterocycles. The molecule has 2 heterocycles. The summed E-state index contributed by atoms with van der Waals surface area (Å²) in [4.78, 5) is 77.5. The first-order valence-electron chi connectivity index (χ1n) is 14.7. The largest absolute Gasteiger partial charge is 0.456 e. The molecule has 4 N–H and O–H groups in total. The highest BCUT2D eigenvalue weighted by Gasteiger charge is 2.32. The number of rotatable bonds is 6. The number of ether oxygens (including phenoxy) is 2. The minimum Gasteiger partial charge on any atom is -0.456 e. The van der Waals surface area contributed by atoms with Crippen molar-refractivity contribution >= 4 is 57.2 Å². The third kappa shape index (κ3) is 14.5. The highest BCUT2D eigenvalue weighted by atomic mass is 33.1. The monoisotopic (exact) mass is 642 g/mol. The van der Waals surface area contributed by atoms with Gasteiger partial charge in [-0.15, -0.1) is 0 Å². The maximum atomic E-state index is 13.5. The van der Waals surface area contributed by atoms with E-state index in [9.17, 15) is 28.8 Å². The van der Waals surface area contributed by atoms with Crippen molar-refractivity contribution in [2.45, 2.75) is 96.9 Å². The molecule has 2 aliphatic rings. The maximum absolute atomic E-state index is 13.5. The van der Waals surface area contributed by atoms with Gasteiger partial charge in [-0.2, -0.15) is 0 Å². The van der Waals surface area contributed by atoms with E-state index in [1.807, 2.05) is 19.9 Å². The molecule has 14 heteroatoms. The fourth-order valence-corrected chi connectivity index (χ4v) is 6.54. The summed E-state index contributed by atoms with van der Waals surface area (Å²) >= 11 is 0. The molecule has 0 aromatic heterocycles. The number of hydrogen-bond acceptors (Lipinski definition) is 10. The van der Waals surface area contributed by atoms with E-state index in [1.165, 1.54) is 10.8 Å². The first-order valence-corrected chi connectivity index (χ1v) is 17.2. The Bertz CT molecular complexity index is 1030. The van der Waals surface area contributed by atoms with Crippen molar-refractivity contribution in [1.82, 2.24) is 21.3 Å². The SMILES string of the molecule is CC(C)[C@H]1CC(=O)[C@H]2CSSCC/C=C/[C@H](CC(=O)N[C@H](CCCCNC(=O)OC(C)(C)C)C(=O)N2)OC(=O)CNC1=O. The van der Waals surface area contributed by atoms with E-state index in [2.05, 4.69) is 21.3 Å². The maximum Gasteiger partial charge on any atom is 0.407 e. The minimum absolute atomic E-state index is 0.119. The summed E-state index contributed by atoms with van der Waals surface area (Å²) < 4.78 is 10.7. The Morgan fingerprint density at radius 1 is 1.07 bits per heavy atom. The normalized spacial score (nSPS) is 26.0. The van der Waals surface area contributed by atoms with Crippen LogP contribution >= 0.6 is 21.6 Å². The Morgan fingerprint density at radius 3 is 2.51 bits per heavy atom. The van der Waals surface area contributed by atoms with Crippen LogP contribution in [-0.4, -0.2) is 84.0 Å². The number of hydrogen-bond donors (Lipinski definition) is 4. The van der Waals surface area contributed by atoms with Crippen LogP contribution in [0, 0.1) is 11.8 Å². The van der Waals surface area contributed by atoms with Gasteiger partial charge in [0.15, 0.2) is 5.78 Å². The second kappa shape index (κ2) is 18.2. The fraction of sp³-hybridized carbons (Fsp3) is 0.724. The summed E-state index contributed by atoms with van der Waals surface area (Å²) in [5.41, 5.74) is -0.624. The number of alkyl carbamates (subject to hydrolysis) is 1. The molecule has 0 spiro atoms. The van der Waals surface area contributed by atoms with E-state index in [0.29, 0.717) is 31.6 Å². The van der Waals surface area contributed by atoms with E-state index in [-0.39, 0.29) is 36.7 Å². The smallest absolute Gasteiger partial charge is 0.407 e. The van der Waals surface area contributed by atoms with Gasteiger partial charge in [-0.1, -0.05) is 41.5 Å². The molecule has 0 aliphatic carbocycles. The summed E-state index contributed by atoms with van der Waals surface area (Å²) in [6, 6.07) is -1.84. The second-order valence-corrected chi connectivity index (χ2v) is 14.5. The van der Waals surface area contributed by atoms with Crippen LogP contribution < -0.4 is 21.3 Å². The Labute approximate surface area is 261 Å². The lowest BCUT2D eigenvalue weighted by molar-refractivity contribution is -0.149. The summed E-state index contributed by atoms with van der Waals surface area (Å²) in [5, 5.41) is 10.8. The van der Waals surface area contributed by atoms with E-state index >= 15 is 0 Å². The highest BCUT2D eigenvalue weighted by Crippen LogP contribution is 2.25. The second-order valence-electron chi connectivity index (χ2n) is 11.9. The number of ketones is 1. The van der Waals surface area contributed by atoms with Gasteiger partial charge in [-0.25, -0.2) is 4.79 Å². The van der Waals surface area contributed by atoms with Crippen LogP contribution in [0.2, 0.25) is 0 Å². The van der Waals surface area contributed by atoms with Crippen molar-refractivity contribution in [1.29, 1.82) is 0 Å². The van der Waals surface area contributed by atoms with Crippen molar-refractivity contribution in [3.8, 4) is 0 Å². The molecule has 12 nitrogen and oxygen atoms in total. The lowest BCUT2D eigenvalue weighted by atomic mass is 9.88. The molecule has 0 radical (unpaired) electrons. The van der Waals surface area contributed by atoms with E-state index in [4.69, 9.17) is 9.47 Å². The third-order valence-corrected chi connectivity index (χ3v) is 9.07. The van der Waals surface area contributed by atoms with Gasteiger partial charge in [-0.3, -0.25) is 24.0 Å². The van der Waals surface area contributed by atoms with Crippen molar-refractivity contribution in [3.05, 3.63) is 12.2 Å². The van der Waals surface area contributed by atoms with E-state index < -0.39 is 66.0 Å². The third-order valence-electron chi connectivity index (χ3n) is 6.62. The highest BCUT2D eigenvalue weighted by molar-refractivity contribution is 8.76. The Hall–Kier alpha value is -2.74. The molecular weight excluding hydrogens is 596 g/mol. The Balaban J connectivity index is 2.27. The zero-order valence-electron chi connectivity index (χ0n) is 25.7. The quantitative estimate of drug-likeness (QED) is 0.146. The first-order chi connectivity index (χ1) is 20.2. The lowest BCUT2D eigenvalue weighted by Crippen LogP contribution is -2.53. The van der Waals surface area contributed by atoms with Crippen LogP contribution in [-0.2, 0) is 33.4 Å². The molecule has 43 heavy (non-hydrogen) atoms. The number of amides is 4. The number of allylic oxidation sites excluding steroid dienone is 1. The van der Waals surface area contributed by atoms with Crippen LogP contribution in [0.15, 0.2) is 12.2 Å². The number of carbonyl (C=O) groups is 6. The number of fused-ring (bicyclic) bond motifs is 7. The number of Topliss-reactive ketones (excluding diaryl/α,β-unsaturated/α-hetero) is 1. The summed E-state index contributed by atoms with van der Waals surface area (Å²) in [7, 11) is 2.99. The average Bonchev–Trinajstić information content (AvgIpc) is 2.90. The number of esters is 1. The molecule has 0 aromatic carbocycles. The number of carbonyl (C=O) groups excluding carboxylic acids is 6. The predicted octanol–water partition coefficient (Wildman–Crippen LogP) is 2.66. The van der Waals surface area contributed by atoms with Crippen LogP contribution in [0.4, 0.5) is 4.79 Å². The topological polar surface area (TPSA) is 169 Å². The Kier molecular flexibility index (Phi) is 15.4. The fourth-order valence-electron chi connectivity index (χ4n) is 4.35. The molecule has 1 saturated heterocycles. The molecule has 0 unspecified atom stereocenters. The van der Waals surface area contributed by atoms with Crippen LogP contribution in [0.5, 0.6) is 0 Å². The molecule has 0 saturated carbocycles. The van der Waals surface area contributed by atoms with Crippen LogP contribution in [0.1, 0.15) is 73.1 Å². The van der Waals surface area contributed by atoms with Crippen molar-refractivity contribution in [2.24, 2.45) is 11.8 Å². The Morgan fingerprint density at radius 2 is 1.81 bits per heavy atom. The van der Waals surface area contributed by atoms with Gasteiger partial charge in [0, 0.05) is 30.4 Å².